The first-order chi connectivity index (χ1) is 8.46. The maximum Gasteiger partial charge on any atom is 0.335 e. The van der Waals surface area contributed by atoms with Crippen LogP contribution in [-0.2, 0) is 14.3 Å². The van der Waals surface area contributed by atoms with Crippen molar-refractivity contribution in [3.63, 3.8) is 0 Å². The van der Waals surface area contributed by atoms with Crippen molar-refractivity contribution in [1.29, 1.82) is 0 Å². The normalized spacial score (nSPS) is 30.4. The highest BCUT2D eigenvalue weighted by atomic mass is 16.6. The zero-order chi connectivity index (χ0) is 13.2. The van der Waals surface area contributed by atoms with E-state index in [9.17, 15) is 4.79 Å². The lowest BCUT2D eigenvalue weighted by Gasteiger charge is -2.28. The van der Waals surface area contributed by atoms with Gasteiger partial charge in [-0.15, -0.1) is 0 Å². The topological polar surface area (TPSA) is 47.6 Å². The minimum atomic E-state index is -0.423. The first-order valence-corrected chi connectivity index (χ1v) is 7.05. The molecule has 0 aromatic carbocycles. The van der Waals surface area contributed by atoms with Crippen LogP contribution < -0.4 is 5.32 Å². The SMILES string of the molecule is CC(C)(C)OC(=O)[C@@H]1CC[C@H](C2CCNCC2)O1. The molecule has 0 spiro atoms. The summed E-state index contributed by atoms with van der Waals surface area (Å²) in [6, 6.07) is 0. The van der Waals surface area contributed by atoms with E-state index >= 15 is 0 Å². The fourth-order valence-electron chi connectivity index (χ4n) is 2.77. The Bertz CT molecular complexity index is 292. The van der Waals surface area contributed by atoms with E-state index < -0.39 is 5.60 Å². The largest absolute Gasteiger partial charge is 0.458 e. The molecule has 2 saturated heterocycles. The summed E-state index contributed by atoms with van der Waals surface area (Å²) in [4.78, 5) is 11.9. The van der Waals surface area contributed by atoms with Crippen LogP contribution in [0, 0.1) is 5.92 Å². The Balaban J connectivity index is 1.82. The second kappa shape index (κ2) is 5.57. The van der Waals surface area contributed by atoms with Crippen molar-refractivity contribution in [2.24, 2.45) is 5.92 Å². The number of ether oxygens (including phenoxy) is 2. The lowest BCUT2D eigenvalue weighted by Crippen LogP contribution is -2.36. The first kappa shape index (κ1) is 13.8. The van der Waals surface area contributed by atoms with Crippen molar-refractivity contribution in [2.45, 2.75) is 64.3 Å². The third-order valence-corrected chi connectivity index (χ3v) is 3.63. The van der Waals surface area contributed by atoms with Crippen LogP contribution in [0.25, 0.3) is 0 Å². The first-order valence-electron chi connectivity index (χ1n) is 7.05. The number of hydrogen-bond donors (Lipinski definition) is 1. The average Bonchev–Trinajstić information content (AvgIpc) is 2.77. The molecule has 0 aromatic rings. The van der Waals surface area contributed by atoms with Gasteiger partial charge in [0.2, 0.25) is 0 Å². The van der Waals surface area contributed by atoms with Crippen LogP contribution in [-0.4, -0.2) is 36.9 Å². The fourth-order valence-corrected chi connectivity index (χ4v) is 2.77. The van der Waals surface area contributed by atoms with E-state index in [1.807, 2.05) is 20.8 Å². The van der Waals surface area contributed by atoms with E-state index in [-0.39, 0.29) is 18.2 Å². The van der Waals surface area contributed by atoms with Gasteiger partial charge in [-0.3, -0.25) is 0 Å². The molecule has 0 amide bonds. The maximum absolute atomic E-state index is 11.9. The zero-order valence-electron chi connectivity index (χ0n) is 11.7. The van der Waals surface area contributed by atoms with E-state index in [1.54, 1.807) is 0 Å². The van der Waals surface area contributed by atoms with Crippen molar-refractivity contribution in [3.8, 4) is 0 Å². The summed E-state index contributed by atoms with van der Waals surface area (Å²) >= 11 is 0. The Morgan fingerprint density at radius 3 is 2.44 bits per heavy atom. The Hall–Kier alpha value is -0.610. The van der Waals surface area contributed by atoms with E-state index in [1.165, 1.54) is 0 Å². The average molecular weight is 255 g/mol. The molecular formula is C14H25NO3. The molecule has 0 bridgehead atoms. The molecule has 2 heterocycles. The van der Waals surface area contributed by atoms with E-state index in [4.69, 9.17) is 9.47 Å². The summed E-state index contributed by atoms with van der Waals surface area (Å²) in [7, 11) is 0. The zero-order valence-corrected chi connectivity index (χ0v) is 11.7. The number of piperidine rings is 1. The standard InChI is InChI=1S/C14H25NO3/c1-14(2,3)18-13(16)12-5-4-11(17-12)10-6-8-15-9-7-10/h10-12,15H,4-9H2,1-3H3/t11-,12+/m1/s1. The summed E-state index contributed by atoms with van der Waals surface area (Å²) in [6.07, 6.45) is 4.03. The van der Waals surface area contributed by atoms with Crippen molar-refractivity contribution >= 4 is 5.97 Å². The van der Waals surface area contributed by atoms with Gasteiger partial charge in [0.25, 0.3) is 0 Å². The lowest BCUT2D eigenvalue weighted by molar-refractivity contribution is -0.168. The molecule has 2 rings (SSSR count). The van der Waals surface area contributed by atoms with Crippen LogP contribution in [0.5, 0.6) is 0 Å². The number of hydrogen-bond acceptors (Lipinski definition) is 4. The monoisotopic (exact) mass is 255 g/mol. The predicted molar refractivity (Wildman–Crippen MR) is 69.3 cm³/mol. The Morgan fingerprint density at radius 1 is 1.17 bits per heavy atom. The number of rotatable bonds is 2. The van der Waals surface area contributed by atoms with Gasteiger partial charge in [-0.25, -0.2) is 4.79 Å². The van der Waals surface area contributed by atoms with Crippen LogP contribution >= 0.6 is 0 Å². The highest BCUT2D eigenvalue weighted by molar-refractivity contribution is 5.75. The third-order valence-electron chi connectivity index (χ3n) is 3.63. The second-order valence-corrected chi connectivity index (χ2v) is 6.36. The maximum atomic E-state index is 11.9. The summed E-state index contributed by atoms with van der Waals surface area (Å²) < 4.78 is 11.3. The number of esters is 1. The molecule has 0 radical (unpaired) electrons. The van der Waals surface area contributed by atoms with E-state index in [2.05, 4.69) is 5.32 Å². The molecule has 0 aliphatic carbocycles. The van der Waals surface area contributed by atoms with Crippen molar-refractivity contribution in [1.82, 2.24) is 5.32 Å². The van der Waals surface area contributed by atoms with E-state index in [0.717, 1.165) is 38.8 Å². The van der Waals surface area contributed by atoms with Crippen LogP contribution in [0.3, 0.4) is 0 Å². The molecule has 2 aliphatic rings. The summed E-state index contributed by atoms with van der Waals surface area (Å²) in [5.74, 6) is 0.414. The van der Waals surface area contributed by atoms with Crippen molar-refractivity contribution in [2.75, 3.05) is 13.1 Å². The molecule has 4 nitrogen and oxygen atoms in total. The molecule has 0 saturated carbocycles. The Kier molecular flexibility index (Phi) is 4.28. The van der Waals surface area contributed by atoms with Crippen LogP contribution in [0.4, 0.5) is 0 Å². The highest BCUT2D eigenvalue weighted by Crippen LogP contribution is 2.31. The van der Waals surface area contributed by atoms with Crippen LogP contribution in [0.2, 0.25) is 0 Å². The van der Waals surface area contributed by atoms with E-state index in [0.29, 0.717) is 5.92 Å². The van der Waals surface area contributed by atoms with Gasteiger partial charge in [0, 0.05) is 0 Å². The molecular weight excluding hydrogens is 230 g/mol. The number of nitrogens with one attached hydrogen (secondary N) is 1. The van der Waals surface area contributed by atoms with Gasteiger partial charge >= 0.3 is 5.97 Å². The highest BCUT2D eigenvalue weighted by Gasteiger charge is 2.37. The second-order valence-electron chi connectivity index (χ2n) is 6.36. The van der Waals surface area contributed by atoms with Gasteiger partial charge in [-0.2, -0.15) is 0 Å². The molecule has 0 unspecified atom stereocenters. The number of carbonyl (C=O) groups is 1. The van der Waals surface area contributed by atoms with Gasteiger partial charge in [0.15, 0.2) is 6.10 Å². The Morgan fingerprint density at radius 2 is 1.83 bits per heavy atom. The van der Waals surface area contributed by atoms with Crippen LogP contribution in [0.15, 0.2) is 0 Å². The minimum Gasteiger partial charge on any atom is -0.458 e. The van der Waals surface area contributed by atoms with Gasteiger partial charge < -0.3 is 14.8 Å². The summed E-state index contributed by atoms with van der Waals surface area (Å²) in [5, 5.41) is 3.36. The van der Waals surface area contributed by atoms with Crippen molar-refractivity contribution < 1.29 is 14.3 Å². The lowest BCUT2D eigenvalue weighted by atomic mass is 9.91. The predicted octanol–water partition coefficient (Wildman–Crippen LogP) is 1.88. The third kappa shape index (κ3) is 3.69. The molecule has 1 N–H and O–H groups in total. The number of carbonyl (C=O) groups excluding carboxylic acids is 1. The molecule has 2 aliphatic heterocycles. The van der Waals surface area contributed by atoms with Gasteiger partial charge in [-0.1, -0.05) is 0 Å². The molecule has 18 heavy (non-hydrogen) atoms. The van der Waals surface area contributed by atoms with Crippen molar-refractivity contribution in [3.05, 3.63) is 0 Å². The van der Waals surface area contributed by atoms with Gasteiger partial charge in [0.05, 0.1) is 6.10 Å². The van der Waals surface area contributed by atoms with Gasteiger partial charge in [0.1, 0.15) is 5.60 Å². The molecule has 2 fully saturated rings. The minimum absolute atomic E-state index is 0.195. The molecule has 2 atom stereocenters. The smallest absolute Gasteiger partial charge is 0.335 e. The Labute approximate surface area is 109 Å². The molecule has 4 heteroatoms. The molecule has 0 aromatic heterocycles. The summed E-state index contributed by atoms with van der Waals surface area (Å²) in [6.45, 7) is 7.82. The summed E-state index contributed by atoms with van der Waals surface area (Å²) in [5.41, 5.74) is -0.423. The molecule has 104 valence electrons. The quantitative estimate of drug-likeness (QED) is 0.765. The van der Waals surface area contributed by atoms with Crippen LogP contribution in [0.1, 0.15) is 46.5 Å². The fraction of sp³-hybridized carbons (Fsp3) is 0.929. The van der Waals surface area contributed by atoms with Gasteiger partial charge in [-0.05, 0) is 65.5 Å².